The van der Waals surface area contributed by atoms with Crippen molar-refractivity contribution in [3.05, 3.63) is 18.2 Å². The van der Waals surface area contributed by atoms with E-state index >= 15 is 0 Å². The summed E-state index contributed by atoms with van der Waals surface area (Å²) in [6.07, 6.45) is 2.00. The number of nitrogens with two attached hydrogens (primary N) is 1. The Morgan fingerprint density at radius 1 is 1.11 bits per heavy atom. The van der Waals surface area contributed by atoms with Gasteiger partial charge < -0.3 is 19.9 Å². The number of methoxy groups -OCH3 is 2. The molecule has 1 aromatic carbocycles. The maximum absolute atomic E-state index is 5.76. The van der Waals surface area contributed by atoms with Crippen molar-refractivity contribution in [2.24, 2.45) is 11.1 Å². The summed E-state index contributed by atoms with van der Waals surface area (Å²) in [4.78, 5) is 0. The summed E-state index contributed by atoms with van der Waals surface area (Å²) < 4.78 is 16.3. The van der Waals surface area contributed by atoms with E-state index in [9.17, 15) is 0 Å². The van der Waals surface area contributed by atoms with E-state index in [0.717, 1.165) is 12.8 Å². The van der Waals surface area contributed by atoms with Gasteiger partial charge in [0.25, 0.3) is 0 Å². The normalized spacial score (nSPS) is 11.2. The van der Waals surface area contributed by atoms with Crippen molar-refractivity contribution >= 4 is 0 Å². The lowest BCUT2D eigenvalue weighted by Crippen LogP contribution is -2.24. The Bertz CT molecular complexity index is 391. The maximum Gasteiger partial charge on any atom is 0.203 e. The smallest absolute Gasteiger partial charge is 0.203 e. The molecule has 0 fully saturated rings. The van der Waals surface area contributed by atoms with E-state index in [0.29, 0.717) is 30.4 Å². The van der Waals surface area contributed by atoms with Crippen molar-refractivity contribution in [3.8, 4) is 17.2 Å². The molecule has 4 nitrogen and oxygen atoms in total. The van der Waals surface area contributed by atoms with Gasteiger partial charge in [-0.15, -0.1) is 0 Å². The van der Waals surface area contributed by atoms with Gasteiger partial charge >= 0.3 is 0 Å². The SMILES string of the molecule is COc1cccc(OCCCC(C)(C)CN)c1OC. The maximum atomic E-state index is 5.76. The second kappa shape index (κ2) is 7.24. The van der Waals surface area contributed by atoms with Crippen molar-refractivity contribution in [2.75, 3.05) is 27.4 Å². The zero-order chi connectivity index (χ0) is 14.3. The van der Waals surface area contributed by atoms with E-state index in [4.69, 9.17) is 19.9 Å². The zero-order valence-corrected chi connectivity index (χ0v) is 12.4. The van der Waals surface area contributed by atoms with E-state index in [-0.39, 0.29) is 5.41 Å². The first-order valence-corrected chi connectivity index (χ1v) is 6.58. The zero-order valence-electron chi connectivity index (χ0n) is 12.4. The van der Waals surface area contributed by atoms with E-state index < -0.39 is 0 Å². The predicted octanol–water partition coefficient (Wildman–Crippen LogP) is 2.85. The number of para-hydroxylation sites is 1. The van der Waals surface area contributed by atoms with Gasteiger partial charge in [0, 0.05) is 0 Å². The molecule has 0 radical (unpaired) electrons. The van der Waals surface area contributed by atoms with Crippen molar-refractivity contribution in [1.29, 1.82) is 0 Å². The van der Waals surface area contributed by atoms with Crippen molar-refractivity contribution in [1.82, 2.24) is 0 Å². The molecule has 1 rings (SSSR count). The molecule has 0 aliphatic heterocycles. The molecule has 0 aliphatic carbocycles. The second-order valence-corrected chi connectivity index (χ2v) is 5.31. The van der Waals surface area contributed by atoms with Crippen LogP contribution in [0.3, 0.4) is 0 Å². The van der Waals surface area contributed by atoms with E-state index in [1.165, 1.54) is 0 Å². The van der Waals surface area contributed by atoms with Gasteiger partial charge in [0.05, 0.1) is 20.8 Å². The minimum Gasteiger partial charge on any atom is -0.493 e. The largest absolute Gasteiger partial charge is 0.493 e. The molecule has 108 valence electrons. The molecule has 0 aromatic heterocycles. The Morgan fingerprint density at radius 3 is 2.37 bits per heavy atom. The molecule has 0 heterocycles. The third kappa shape index (κ3) is 4.63. The summed E-state index contributed by atoms with van der Waals surface area (Å²) >= 11 is 0. The van der Waals surface area contributed by atoms with E-state index in [2.05, 4.69) is 13.8 Å². The highest BCUT2D eigenvalue weighted by molar-refractivity contribution is 5.50. The molecule has 0 unspecified atom stereocenters. The topological polar surface area (TPSA) is 53.7 Å². The Morgan fingerprint density at radius 2 is 1.79 bits per heavy atom. The molecule has 4 heteroatoms. The fourth-order valence-electron chi connectivity index (χ4n) is 1.81. The summed E-state index contributed by atoms with van der Waals surface area (Å²) in [5.74, 6) is 2.04. The molecule has 19 heavy (non-hydrogen) atoms. The summed E-state index contributed by atoms with van der Waals surface area (Å²) in [5, 5.41) is 0. The van der Waals surface area contributed by atoms with Crippen LogP contribution in [0.25, 0.3) is 0 Å². The molecular formula is C15H25NO3. The Labute approximate surface area is 115 Å². The molecule has 0 bridgehead atoms. The van der Waals surface area contributed by atoms with Gasteiger partial charge in [0.15, 0.2) is 11.5 Å². The molecule has 0 saturated carbocycles. The lowest BCUT2D eigenvalue weighted by molar-refractivity contribution is 0.248. The van der Waals surface area contributed by atoms with Crippen LogP contribution in [0, 0.1) is 5.41 Å². The Balaban J connectivity index is 2.54. The van der Waals surface area contributed by atoms with Crippen LogP contribution in [0.4, 0.5) is 0 Å². The average molecular weight is 267 g/mol. The molecular weight excluding hydrogens is 242 g/mol. The first-order chi connectivity index (χ1) is 9.04. The molecule has 0 spiro atoms. The predicted molar refractivity (Wildman–Crippen MR) is 77.1 cm³/mol. The third-order valence-electron chi connectivity index (χ3n) is 3.17. The first kappa shape index (κ1) is 15.6. The third-order valence-corrected chi connectivity index (χ3v) is 3.17. The molecule has 2 N–H and O–H groups in total. The quantitative estimate of drug-likeness (QED) is 0.736. The molecule has 1 aromatic rings. The summed E-state index contributed by atoms with van der Waals surface area (Å²) in [7, 11) is 3.23. The number of hydrogen-bond acceptors (Lipinski definition) is 4. The lowest BCUT2D eigenvalue weighted by atomic mass is 9.88. The standard InChI is InChI=1S/C15H25NO3/c1-15(2,11-16)9-6-10-19-13-8-5-7-12(17-3)14(13)18-4/h5,7-8H,6,9-11,16H2,1-4H3. The molecule has 0 amide bonds. The van der Waals surface area contributed by atoms with E-state index in [1.807, 2.05) is 18.2 Å². The van der Waals surface area contributed by atoms with Gasteiger partial charge in [-0.1, -0.05) is 19.9 Å². The average Bonchev–Trinajstić information content (AvgIpc) is 2.43. The first-order valence-electron chi connectivity index (χ1n) is 6.58. The summed E-state index contributed by atoms with van der Waals surface area (Å²) in [5.41, 5.74) is 5.87. The van der Waals surface area contributed by atoms with Crippen molar-refractivity contribution in [2.45, 2.75) is 26.7 Å². The molecule has 0 atom stereocenters. The number of rotatable bonds is 8. The van der Waals surface area contributed by atoms with Gasteiger partial charge in [-0.3, -0.25) is 0 Å². The highest BCUT2D eigenvalue weighted by Gasteiger charge is 2.15. The molecule has 0 aliphatic rings. The van der Waals surface area contributed by atoms with Gasteiger partial charge in [0.2, 0.25) is 5.75 Å². The van der Waals surface area contributed by atoms with Gasteiger partial charge in [-0.25, -0.2) is 0 Å². The highest BCUT2D eigenvalue weighted by atomic mass is 16.5. The summed E-state index contributed by atoms with van der Waals surface area (Å²) in [6.45, 7) is 5.67. The monoisotopic (exact) mass is 267 g/mol. The van der Waals surface area contributed by atoms with Crippen molar-refractivity contribution in [3.63, 3.8) is 0 Å². The van der Waals surface area contributed by atoms with Crippen molar-refractivity contribution < 1.29 is 14.2 Å². The lowest BCUT2D eigenvalue weighted by Gasteiger charge is -2.22. The number of ether oxygens (including phenoxy) is 3. The van der Waals surface area contributed by atoms with Crippen LogP contribution < -0.4 is 19.9 Å². The van der Waals surface area contributed by atoms with E-state index in [1.54, 1.807) is 14.2 Å². The van der Waals surface area contributed by atoms with Crippen LogP contribution in [0.1, 0.15) is 26.7 Å². The Hall–Kier alpha value is -1.42. The van der Waals surface area contributed by atoms with Crippen LogP contribution >= 0.6 is 0 Å². The van der Waals surface area contributed by atoms with Gasteiger partial charge in [0.1, 0.15) is 0 Å². The van der Waals surface area contributed by atoms with Crippen LogP contribution in [0.2, 0.25) is 0 Å². The van der Waals surface area contributed by atoms with Crippen LogP contribution in [0.15, 0.2) is 18.2 Å². The van der Waals surface area contributed by atoms with Crippen LogP contribution in [-0.2, 0) is 0 Å². The van der Waals surface area contributed by atoms with Crippen LogP contribution in [0.5, 0.6) is 17.2 Å². The fourth-order valence-corrected chi connectivity index (χ4v) is 1.81. The van der Waals surface area contributed by atoms with Crippen LogP contribution in [-0.4, -0.2) is 27.4 Å². The molecule has 0 saturated heterocycles. The highest BCUT2D eigenvalue weighted by Crippen LogP contribution is 2.36. The second-order valence-electron chi connectivity index (χ2n) is 5.31. The minimum absolute atomic E-state index is 0.168. The summed E-state index contributed by atoms with van der Waals surface area (Å²) in [6, 6.07) is 5.62. The fraction of sp³-hybridized carbons (Fsp3) is 0.600. The van der Waals surface area contributed by atoms with Gasteiger partial charge in [-0.05, 0) is 36.9 Å². The Kier molecular flexibility index (Phi) is 5.96. The van der Waals surface area contributed by atoms with Gasteiger partial charge in [-0.2, -0.15) is 0 Å². The number of benzene rings is 1. The number of hydrogen-bond donors (Lipinski definition) is 1. The minimum atomic E-state index is 0.168.